The highest BCUT2D eigenvalue weighted by Gasteiger charge is 2.24. The summed E-state index contributed by atoms with van der Waals surface area (Å²) in [5, 5.41) is 13.5. The van der Waals surface area contributed by atoms with Gasteiger partial charge in [-0.15, -0.1) is 0 Å². The molecular weight excluding hydrogens is 276 g/mol. The highest BCUT2D eigenvalue weighted by atomic mass is 35.5. The fourth-order valence-electron chi connectivity index (χ4n) is 2.37. The second-order valence-corrected chi connectivity index (χ2v) is 6.76. The van der Waals surface area contributed by atoms with Crippen molar-refractivity contribution in [2.75, 3.05) is 6.54 Å². The second kappa shape index (κ2) is 6.64. The lowest BCUT2D eigenvalue weighted by Gasteiger charge is -2.25. The molecule has 4 nitrogen and oxygen atoms in total. The van der Waals surface area contributed by atoms with E-state index in [-0.39, 0.29) is 18.5 Å². The highest BCUT2D eigenvalue weighted by Crippen LogP contribution is 2.19. The number of hydrogen-bond donors (Lipinski definition) is 2. The number of aliphatic hydroxyl groups is 1. The van der Waals surface area contributed by atoms with Crippen molar-refractivity contribution < 1.29 is 9.90 Å². The average Bonchev–Trinajstić information content (AvgIpc) is 2.67. The van der Waals surface area contributed by atoms with Gasteiger partial charge in [0.2, 0.25) is 0 Å². The van der Waals surface area contributed by atoms with Gasteiger partial charge in [0.15, 0.2) is 0 Å². The molecule has 0 fully saturated rings. The third kappa shape index (κ3) is 4.84. The first kappa shape index (κ1) is 17.1. The van der Waals surface area contributed by atoms with E-state index >= 15 is 0 Å². The molecule has 0 spiro atoms. The molecule has 1 amide bonds. The zero-order chi connectivity index (χ0) is 15.5. The minimum atomic E-state index is -0.900. The van der Waals surface area contributed by atoms with Crippen molar-refractivity contribution in [3.8, 4) is 0 Å². The van der Waals surface area contributed by atoms with Crippen molar-refractivity contribution in [2.45, 2.75) is 52.7 Å². The summed E-state index contributed by atoms with van der Waals surface area (Å²) in [5.74, 6) is 0.158. The van der Waals surface area contributed by atoms with Gasteiger partial charge in [0.25, 0.3) is 5.91 Å². The number of aromatic nitrogens is 1. The van der Waals surface area contributed by atoms with E-state index in [1.54, 1.807) is 19.2 Å². The number of hydrogen-bond acceptors (Lipinski definition) is 2. The van der Waals surface area contributed by atoms with Crippen molar-refractivity contribution in [1.82, 2.24) is 9.88 Å². The molecule has 0 bridgehead atoms. The van der Waals surface area contributed by atoms with Gasteiger partial charge >= 0.3 is 0 Å². The van der Waals surface area contributed by atoms with Crippen molar-refractivity contribution in [3.05, 3.63) is 23.0 Å². The zero-order valence-electron chi connectivity index (χ0n) is 12.9. The highest BCUT2D eigenvalue weighted by molar-refractivity contribution is 6.31. The van der Waals surface area contributed by atoms with Crippen LogP contribution < -0.4 is 5.32 Å². The van der Waals surface area contributed by atoms with E-state index in [2.05, 4.69) is 5.32 Å². The molecule has 1 aromatic heterocycles. The monoisotopic (exact) mass is 300 g/mol. The molecule has 0 aromatic carbocycles. The van der Waals surface area contributed by atoms with Crippen LogP contribution in [0.1, 0.15) is 57.6 Å². The third-order valence-electron chi connectivity index (χ3n) is 3.08. The van der Waals surface area contributed by atoms with Crippen LogP contribution in [0, 0.1) is 5.92 Å². The first-order valence-corrected chi connectivity index (χ1v) is 7.38. The number of amides is 1. The minimum absolute atomic E-state index is 0.152. The molecule has 0 aliphatic heterocycles. The van der Waals surface area contributed by atoms with Gasteiger partial charge in [0, 0.05) is 18.8 Å². The lowest BCUT2D eigenvalue weighted by atomic mass is 9.94. The van der Waals surface area contributed by atoms with E-state index in [0.29, 0.717) is 23.1 Å². The molecule has 20 heavy (non-hydrogen) atoms. The molecule has 0 radical (unpaired) electrons. The number of halogens is 1. The van der Waals surface area contributed by atoms with Crippen molar-refractivity contribution in [1.29, 1.82) is 0 Å². The van der Waals surface area contributed by atoms with Crippen LogP contribution in [0.25, 0.3) is 0 Å². The Morgan fingerprint density at radius 1 is 1.45 bits per heavy atom. The molecule has 0 saturated carbocycles. The van der Waals surface area contributed by atoms with Gasteiger partial charge in [0.05, 0.1) is 10.6 Å². The summed E-state index contributed by atoms with van der Waals surface area (Å²) in [6.45, 7) is 10.0. The second-order valence-electron chi connectivity index (χ2n) is 6.32. The molecule has 1 rings (SSSR count). The first-order chi connectivity index (χ1) is 9.12. The van der Waals surface area contributed by atoms with Gasteiger partial charge in [-0.25, -0.2) is 0 Å². The fourth-order valence-corrected chi connectivity index (χ4v) is 2.58. The maximum absolute atomic E-state index is 12.2. The Balaban J connectivity index is 2.73. The fraction of sp³-hybridized carbons (Fsp3) is 0.667. The largest absolute Gasteiger partial charge is 0.388 e. The van der Waals surface area contributed by atoms with Gasteiger partial charge in [-0.1, -0.05) is 25.4 Å². The summed E-state index contributed by atoms with van der Waals surface area (Å²) in [7, 11) is 0. The molecule has 1 atom stereocenters. The average molecular weight is 301 g/mol. The summed E-state index contributed by atoms with van der Waals surface area (Å²) in [4.78, 5) is 12.2. The van der Waals surface area contributed by atoms with Gasteiger partial charge in [-0.2, -0.15) is 0 Å². The van der Waals surface area contributed by atoms with Crippen molar-refractivity contribution in [2.24, 2.45) is 5.92 Å². The number of nitrogens with one attached hydrogen (secondary N) is 1. The molecule has 0 aliphatic carbocycles. The number of rotatable bonds is 6. The van der Waals surface area contributed by atoms with Gasteiger partial charge < -0.3 is 15.0 Å². The van der Waals surface area contributed by atoms with Crippen LogP contribution in [0.4, 0.5) is 0 Å². The Morgan fingerprint density at radius 2 is 2.05 bits per heavy atom. The molecule has 0 aliphatic rings. The predicted molar refractivity (Wildman–Crippen MR) is 82.2 cm³/mol. The summed E-state index contributed by atoms with van der Waals surface area (Å²) >= 11 is 5.96. The van der Waals surface area contributed by atoms with Crippen molar-refractivity contribution >= 4 is 17.5 Å². The van der Waals surface area contributed by atoms with Crippen LogP contribution >= 0.6 is 11.6 Å². The van der Waals surface area contributed by atoms with E-state index in [0.717, 1.165) is 0 Å². The first-order valence-electron chi connectivity index (χ1n) is 7.00. The number of carbonyl (C=O) groups is 1. The smallest absolute Gasteiger partial charge is 0.268 e. The van der Waals surface area contributed by atoms with Crippen LogP contribution in [0.15, 0.2) is 12.3 Å². The third-order valence-corrected chi connectivity index (χ3v) is 3.29. The Morgan fingerprint density at radius 3 is 2.55 bits per heavy atom. The summed E-state index contributed by atoms with van der Waals surface area (Å²) in [6, 6.07) is 1.80. The van der Waals surface area contributed by atoms with Gasteiger partial charge in [-0.3, -0.25) is 4.79 Å². The molecular formula is C15H25ClN2O2. The molecule has 0 saturated heterocycles. The number of nitrogens with zero attached hydrogens (tertiary/aromatic N) is 1. The molecule has 1 aromatic rings. The van der Waals surface area contributed by atoms with E-state index in [4.69, 9.17) is 11.6 Å². The van der Waals surface area contributed by atoms with E-state index in [1.807, 2.05) is 32.3 Å². The topological polar surface area (TPSA) is 54.3 Å². The molecule has 5 heteroatoms. The van der Waals surface area contributed by atoms with Crippen LogP contribution in [-0.4, -0.2) is 27.7 Å². The molecule has 1 heterocycles. The van der Waals surface area contributed by atoms with Gasteiger partial charge in [0.1, 0.15) is 5.69 Å². The Labute approximate surface area is 126 Å². The van der Waals surface area contributed by atoms with Crippen molar-refractivity contribution in [3.63, 3.8) is 0 Å². The summed E-state index contributed by atoms with van der Waals surface area (Å²) in [6.07, 6.45) is 2.38. The normalized spacial score (nSPS) is 14.7. The maximum Gasteiger partial charge on any atom is 0.268 e. The van der Waals surface area contributed by atoms with E-state index < -0.39 is 5.60 Å². The lowest BCUT2D eigenvalue weighted by molar-refractivity contribution is 0.0366. The summed E-state index contributed by atoms with van der Waals surface area (Å²) < 4.78 is 1.83. The standard InChI is InChI=1S/C15H25ClN2O2/c1-10(2)7-15(5,20)9-17-14(19)13-6-12(16)8-18(13)11(3)4/h6,8,10-11,20H,7,9H2,1-5H3,(H,17,19). The van der Waals surface area contributed by atoms with Crippen LogP contribution in [0.3, 0.4) is 0 Å². The van der Waals surface area contributed by atoms with Crippen LogP contribution in [0.2, 0.25) is 5.02 Å². The Bertz CT molecular complexity index is 464. The predicted octanol–water partition coefficient (Wildman–Crippen LogP) is 3.25. The Hall–Kier alpha value is -1.00. The SMILES string of the molecule is CC(C)CC(C)(O)CNC(=O)c1cc(Cl)cn1C(C)C. The maximum atomic E-state index is 12.2. The quantitative estimate of drug-likeness (QED) is 0.847. The molecule has 2 N–H and O–H groups in total. The zero-order valence-corrected chi connectivity index (χ0v) is 13.7. The lowest BCUT2D eigenvalue weighted by Crippen LogP contribution is -2.42. The van der Waals surface area contributed by atoms with Crippen LogP contribution in [0.5, 0.6) is 0 Å². The van der Waals surface area contributed by atoms with E-state index in [1.165, 1.54) is 0 Å². The van der Waals surface area contributed by atoms with Crippen LogP contribution in [-0.2, 0) is 0 Å². The molecule has 114 valence electrons. The Kier molecular flexibility index (Phi) is 5.66. The summed E-state index contributed by atoms with van der Waals surface area (Å²) in [5.41, 5.74) is -0.381. The minimum Gasteiger partial charge on any atom is -0.388 e. The number of carbonyl (C=O) groups excluding carboxylic acids is 1. The van der Waals surface area contributed by atoms with E-state index in [9.17, 15) is 9.90 Å². The van der Waals surface area contributed by atoms with Gasteiger partial charge in [-0.05, 0) is 39.2 Å². The molecule has 1 unspecified atom stereocenters.